The Kier molecular flexibility index (Phi) is 4.39. The van der Waals surface area contributed by atoms with Crippen LogP contribution in [-0.2, 0) is 16.8 Å². The van der Waals surface area contributed by atoms with Crippen LogP contribution < -0.4 is 16.0 Å². The molecule has 1 spiro atoms. The predicted octanol–water partition coefficient (Wildman–Crippen LogP) is 3.46. The molecule has 2 heterocycles. The van der Waals surface area contributed by atoms with Crippen molar-refractivity contribution in [3.05, 3.63) is 29.5 Å². The van der Waals surface area contributed by atoms with Gasteiger partial charge in [0.25, 0.3) is 0 Å². The van der Waals surface area contributed by atoms with Crippen LogP contribution in [-0.4, -0.2) is 26.3 Å². The number of hydrogen-bond acceptors (Lipinski definition) is 4. The summed E-state index contributed by atoms with van der Waals surface area (Å²) in [5.41, 5.74) is 2.60. The molecule has 0 saturated heterocycles. The highest BCUT2D eigenvalue weighted by atomic mass is 16.5. The Morgan fingerprint density at radius 2 is 2.12 bits per heavy atom. The summed E-state index contributed by atoms with van der Waals surface area (Å²) < 4.78 is 11.3. The largest absolute Gasteiger partial charge is 0.459 e. The van der Waals surface area contributed by atoms with Gasteiger partial charge in [0.15, 0.2) is 0 Å². The molecule has 2 aliphatic rings. The summed E-state index contributed by atoms with van der Waals surface area (Å²) >= 11 is 0. The Morgan fingerprint density at radius 3 is 2.92 bits per heavy atom. The lowest BCUT2D eigenvalue weighted by Crippen LogP contribution is -2.52. The maximum absolute atomic E-state index is 12.2. The summed E-state index contributed by atoms with van der Waals surface area (Å²) in [6, 6.07) is 6.01. The lowest BCUT2D eigenvalue weighted by atomic mass is 9.74. The van der Waals surface area contributed by atoms with Crippen molar-refractivity contribution in [2.75, 3.05) is 25.6 Å². The number of rotatable bonds is 5. The molecule has 0 unspecified atom stereocenters. The second-order valence-electron chi connectivity index (χ2n) is 7.01. The maximum Gasteiger partial charge on any atom is 0.319 e. The minimum Gasteiger partial charge on any atom is -0.459 e. The third kappa shape index (κ3) is 3.00. The zero-order valence-corrected chi connectivity index (χ0v) is 14.6. The summed E-state index contributed by atoms with van der Waals surface area (Å²) in [7, 11) is 1.69. The van der Waals surface area contributed by atoms with Gasteiger partial charge >= 0.3 is 6.03 Å². The van der Waals surface area contributed by atoms with Crippen molar-refractivity contribution in [3.8, 4) is 0 Å². The second kappa shape index (κ2) is 6.69. The van der Waals surface area contributed by atoms with Gasteiger partial charge in [0, 0.05) is 24.6 Å². The van der Waals surface area contributed by atoms with Gasteiger partial charge < -0.3 is 25.1 Å². The fourth-order valence-electron chi connectivity index (χ4n) is 4.17. The number of urea groups is 1. The number of hydrogen-bond donors (Lipinski definition) is 3. The minimum absolute atomic E-state index is 0.109. The molecular weight excluding hydrogens is 318 g/mol. The topological polar surface area (TPSA) is 75.5 Å². The van der Waals surface area contributed by atoms with Gasteiger partial charge in [0.1, 0.15) is 11.3 Å². The first-order valence-corrected chi connectivity index (χ1v) is 9.07. The number of fused-ring (bicyclic) bond motifs is 4. The van der Waals surface area contributed by atoms with Gasteiger partial charge in [0.05, 0.1) is 24.4 Å². The van der Waals surface area contributed by atoms with Crippen LogP contribution in [0.25, 0.3) is 11.0 Å². The summed E-state index contributed by atoms with van der Waals surface area (Å²) in [5, 5.41) is 10.6. The van der Waals surface area contributed by atoms with Crippen molar-refractivity contribution in [1.29, 1.82) is 0 Å². The fraction of sp³-hybridized carbons (Fsp3) is 0.526. The van der Waals surface area contributed by atoms with Gasteiger partial charge in [-0.25, -0.2) is 4.79 Å². The third-order valence-electron chi connectivity index (χ3n) is 5.31. The van der Waals surface area contributed by atoms with Crippen LogP contribution in [0.5, 0.6) is 0 Å². The SMILES string of the molecule is COCCNCc1cc2ccc3c(c2o1)C1(CCCCC1)NC(=O)N3. The lowest BCUT2D eigenvalue weighted by molar-refractivity contribution is 0.198. The number of ether oxygens (including phenoxy) is 1. The first-order valence-electron chi connectivity index (χ1n) is 9.07. The van der Waals surface area contributed by atoms with Crippen LogP contribution in [0.4, 0.5) is 10.5 Å². The molecule has 1 saturated carbocycles. The summed E-state index contributed by atoms with van der Waals surface area (Å²) in [6.45, 7) is 2.13. The van der Waals surface area contributed by atoms with Gasteiger partial charge in [-0.05, 0) is 31.0 Å². The van der Waals surface area contributed by atoms with E-state index in [1.54, 1.807) is 7.11 Å². The molecule has 2 amide bonds. The molecule has 1 fully saturated rings. The zero-order chi connectivity index (χ0) is 17.3. The van der Waals surface area contributed by atoms with Crippen LogP contribution in [0.1, 0.15) is 43.4 Å². The normalized spacial score (nSPS) is 18.8. The summed E-state index contributed by atoms with van der Waals surface area (Å²) in [5.74, 6) is 0.905. The van der Waals surface area contributed by atoms with E-state index in [0.29, 0.717) is 13.2 Å². The Balaban J connectivity index is 1.71. The van der Waals surface area contributed by atoms with Gasteiger partial charge in [-0.1, -0.05) is 19.3 Å². The molecule has 1 aromatic heterocycles. The second-order valence-corrected chi connectivity index (χ2v) is 7.01. The lowest BCUT2D eigenvalue weighted by Gasteiger charge is -2.42. The number of benzene rings is 1. The highest BCUT2D eigenvalue weighted by Crippen LogP contribution is 2.46. The van der Waals surface area contributed by atoms with Crippen LogP contribution in [0.15, 0.2) is 22.6 Å². The van der Waals surface area contributed by atoms with E-state index in [0.717, 1.165) is 60.2 Å². The van der Waals surface area contributed by atoms with Crippen LogP contribution in [0.3, 0.4) is 0 Å². The van der Waals surface area contributed by atoms with E-state index in [4.69, 9.17) is 9.15 Å². The number of anilines is 1. The van der Waals surface area contributed by atoms with E-state index in [1.807, 2.05) is 12.1 Å². The molecule has 2 aromatic rings. The third-order valence-corrected chi connectivity index (χ3v) is 5.31. The number of amides is 2. The van der Waals surface area contributed by atoms with E-state index in [-0.39, 0.29) is 11.6 Å². The molecule has 134 valence electrons. The number of carbonyl (C=O) groups excluding carboxylic acids is 1. The Morgan fingerprint density at radius 1 is 1.28 bits per heavy atom. The minimum atomic E-state index is -0.298. The van der Waals surface area contributed by atoms with E-state index >= 15 is 0 Å². The number of methoxy groups -OCH3 is 1. The van der Waals surface area contributed by atoms with Crippen molar-refractivity contribution in [2.45, 2.75) is 44.2 Å². The predicted molar refractivity (Wildman–Crippen MR) is 96.7 cm³/mol. The average molecular weight is 343 g/mol. The van der Waals surface area contributed by atoms with Crippen molar-refractivity contribution >= 4 is 22.7 Å². The monoisotopic (exact) mass is 343 g/mol. The molecule has 0 atom stereocenters. The highest BCUT2D eigenvalue weighted by Gasteiger charge is 2.42. The van der Waals surface area contributed by atoms with Crippen LogP contribution >= 0.6 is 0 Å². The Labute approximate surface area is 147 Å². The molecule has 0 radical (unpaired) electrons. The van der Waals surface area contributed by atoms with Crippen molar-refractivity contribution in [1.82, 2.24) is 10.6 Å². The molecule has 6 heteroatoms. The zero-order valence-electron chi connectivity index (χ0n) is 14.6. The standard InChI is InChI=1S/C19H25N3O3/c1-24-10-9-20-12-14-11-13-5-6-15-16(17(13)25-14)19(22-18(23)21-15)7-3-2-4-8-19/h5-6,11,20H,2-4,7-10,12H2,1H3,(H2,21,22,23). The highest BCUT2D eigenvalue weighted by molar-refractivity contribution is 5.99. The smallest absolute Gasteiger partial charge is 0.319 e. The molecule has 1 aliphatic carbocycles. The van der Waals surface area contributed by atoms with Crippen molar-refractivity contribution in [3.63, 3.8) is 0 Å². The quantitative estimate of drug-likeness (QED) is 0.727. The Bertz CT molecular complexity index is 778. The molecule has 6 nitrogen and oxygen atoms in total. The van der Waals surface area contributed by atoms with Crippen molar-refractivity contribution < 1.29 is 13.9 Å². The molecule has 3 N–H and O–H groups in total. The first-order chi connectivity index (χ1) is 12.2. The van der Waals surface area contributed by atoms with E-state index in [9.17, 15) is 4.79 Å². The molecule has 0 bridgehead atoms. The van der Waals surface area contributed by atoms with Crippen LogP contribution in [0.2, 0.25) is 0 Å². The van der Waals surface area contributed by atoms with E-state index in [1.165, 1.54) is 6.42 Å². The first kappa shape index (κ1) is 16.4. The fourth-order valence-corrected chi connectivity index (χ4v) is 4.17. The molecule has 4 rings (SSSR count). The summed E-state index contributed by atoms with van der Waals surface area (Å²) in [6.07, 6.45) is 5.41. The molecular formula is C19H25N3O3. The van der Waals surface area contributed by atoms with Gasteiger partial charge in [0.2, 0.25) is 0 Å². The van der Waals surface area contributed by atoms with Crippen LogP contribution in [0, 0.1) is 0 Å². The molecule has 1 aromatic carbocycles. The van der Waals surface area contributed by atoms with Crippen molar-refractivity contribution in [2.24, 2.45) is 0 Å². The average Bonchev–Trinajstić information content (AvgIpc) is 3.01. The number of nitrogens with one attached hydrogen (secondary N) is 3. The number of furan rings is 1. The molecule has 25 heavy (non-hydrogen) atoms. The van der Waals surface area contributed by atoms with Gasteiger partial charge in [-0.2, -0.15) is 0 Å². The number of carbonyl (C=O) groups is 1. The van der Waals surface area contributed by atoms with Gasteiger partial charge in [-0.3, -0.25) is 0 Å². The maximum atomic E-state index is 12.2. The molecule has 1 aliphatic heterocycles. The van der Waals surface area contributed by atoms with Gasteiger partial charge in [-0.15, -0.1) is 0 Å². The van der Waals surface area contributed by atoms with E-state index in [2.05, 4.69) is 22.0 Å². The summed E-state index contributed by atoms with van der Waals surface area (Å²) in [4.78, 5) is 12.2. The van der Waals surface area contributed by atoms with E-state index < -0.39 is 0 Å². The Hall–Kier alpha value is -2.05.